The molecule has 112 valence electrons. The van der Waals surface area contributed by atoms with Crippen molar-refractivity contribution in [2.75, 3.05) is 0 Å². The second-order valence-corrected chi connectivity index (χ2v) is 6.48. The summed E-state index contributed by atoms with van der Waals surface area (Å²) in [6, 6.07) is 14.4. The Balaban J connectivity index is 1.82. The van der Waals surface area contributed by atoms with E-state index >= 15 is 0 Å². The number of thioether (sulfide) groups is 1. The minimum Gasteiger partial charge on any atom is -0.309 e. The van der Waals surface area contributed by atoms with Crippen LogP contribution >= 0.6 is 27.7 Å². The monoisotopic (exact) mass is 375 g/mol. The van der Waals surface area contributed by atoms with E-state index in [9.17, 15) is 13.2 Å². The summed E-state index contributed by atoms with van der Waals surface area (Å²) in [5.74, 6) is 0. The van der Waals surface area contributed by atoms with Crippen molar-refractivity contribution in [2.45, 2.75) is 23.5 Å². The Kier molecular flexibility index (Phi) is 5.72. The average molecular weight is 376 g/mol. The molecule has 0 aliphatic rings. The molecule has 1 nitrogen and oxygen atoms in total. The van der Waals surface area contributed by atoms with E-state index in [1.807, 2.05) is 24.3 Å². The molecule has 6 heteroatoms. The highest BCUT2D eigenvalue weighted by Gasteiger charge is 2.28. The summed E-state index contributed by atoms with van der Waals surface area (Å²) in [5.41, 5.74) is -2.12. The zero-order chi connectivity index (χ0) is 15.3. The van der Waals surface area contributed by atoms with Crippen LogP contribution in [-0.2, 0) is 13.1 Å². The highest BCUT2D eigenvalue weighted by Crippen LogP contribution is 2.36. The van der Waals surface area contributed by atoms with Crippen LogP contribution < -0.4 is 5.32 Å². The SMILES string of the molecule is FC(F)(F)Sc1ccc(CNCc2ccc(Br)cc2)cc1. The number of hydrogen-bond acceptors (Lipinski definition) is 2. The minimum absolute atomic E-state index is 0.0934. The number of alkyl halides is 3. The van der Waals surface area contributed by atoms with Crippen molar-refractivity contribution >= 4 is 27.7 Å². The van der Waals surface area contributed by atoms with Gasteiger partial charge in [-0.25, -0.2) is 0 Å². The third kappa shape index (κ3) is 6.11. The first-order valence-corrected chi connectivity index (χ1v) is 7.83. The van der Waals surface area contributed by atoms with E-state index in [2.05, 4.69) is 21.2 Å². The molecule has 0 aromatic heterocycles. The quantitative estimate of drug-likeness (QED) is 0.706. The Labute approximate surface area is 134 Å². The van der Waals surface area contributed by atoms with E-state index in [0.29, 0.717) is 13.1 Å². The molecule has 0 aliphatic carbocycles. The fraction of sp³-hybridized carbons (Fsp3) is 0.200. The topological polar surface area (TPSA) is 12.0 Å². The van der Waals surface area contributed by atoms with Crippen molar-refractivity contribution in [2.24, 2.45) is 0 Å². The van der Waals surface area contributed by atoms with E-state index in [1.165, 1.54) is 12.1 Å². The van der Waals surface area contributed by atoms with Crippen LogP contribution in [-0.4, -0.2) is 5.51 Å². The van der Waals surface area contributed by atoms with E-state index in [0.717, 1.165) is 15.6 Å². The molecule has 2 rings (SSSR count). The van der Waals surface area contributed by atoms with Gasteiger partial charge in [-0.1, -0.05) is 40.2 Å². The molecule has 0 heterocycles. The van der Waals surface area contributed by atoms with Crippen molar-refractivity contribution in [1.82, 2.24) is 5.32 Å². The highest BCUT2D eigenvalue weighted by molar-refractivity contribution is 9.10. The largest absolute Gasteiger partial charge is 0.446 e. The van der Waals surface area contributed by atoms with Crippen LogP contribution in [0.4, 0.5) is 13.2 Å². The Hall–Kier alpha value is -0.980. The zero-order valence-electron chi connectivity index (χ0n) is 11.0. The van der Waals surface area contributed by atoms with Crippen LogP contribution in [0.5, 0.6) is 0 Å². The van der Waals surface area contributed by atoms with Crippen LogP contribution in [0.15, 0.2) is 57.9 Å². The van der Waals surface area contributed by atoms with Gasteiger partial charge >= 0.3 is 5.51 Å². The van der Waals surface area contributed by atoms with Gasteiger partial charge in [-0.05, 0) is 47.2 Å². The van der Waals surface area contributed by atoms with Gasteiger partial charge in [0.05, 0.1) is 0 Å². The lowest BCUT2D eigenvalue weighted by Crippen LogP contribution is -2.12. The molecule has 0 atom stereocenters. The molecule has 1 N–H and O–H groups in total. The number of halogens is 4. The van der Waals surface area contributed by atoms with Crippen molar-refractivity contribution in [3.63, 3.8) is 0 Å². The molecule has 0 bridgehead atoms. The lowest BCUT2D eigenvalue weighted by atomic mass is 10.2. The maximum absolute atomic E-state index is 12.2. The third-order valence-corrected chi connectivity index (χ3v) is 4.00. The summed E-state index contributed by atoms with van der Waals surface area (Å²) in [6.45, 7) is 1.33. The molecule has 0 radical (unpaired) electrons. The Morgan fingerprint density at radius 1 is 0.857 bits per heavy atom. The molecule has 2 aromatic rings. The third-order valence-electron chi connectivity index (χ3n) is 2.73. The van der Waals surface area contributed by atoms with Crippen molar-refractivity contribution < 1.29 is 13.2 Å². The number of nitrogens with one attached hydrogen (secondary N) is 1. The molecule has 2 aromatic carbocycles. The van der Waals surface area contributed by atoms with Crippen LogP contribution in [0.25, 0.3) is 0 Å². The first-order valence-electron chi connectivity index (χ1n) is 6.22. The molecule has 0 spiro atoms. The van der Waals surface area contributed by atoms with Gasteiger partial charge in [-0.3, -0.25) is 0 Å². The maximum atomic E-state index is 12.2. The lowest BCUT2D eigenvalue weighted by molar-refractivity contribution is -0.0328. The summed E-state index contributed by atoms with van der Waals surface area (Å²) in [5, 5.41) is 3.26. The van der Waals surface area contributed by atoms with Crippen molar-refractivity contribution in [3.8, 4) is 0 Å². The molecule has 21 heavy (non-hydrogen) atoms. The van der Waals surface area contributed by atoms with Gasteiger partial charge in [0.15, 0.2) is 0 Å². The summed E-state index contributed by atoms with van der Waals surface area (Å²) in [4.78, 5) is 0.208. The average Bonchev–Trinajstić information content (AvgIpc) is 2.41. The smallest absolute Gasteiger partial charge is 0.309 e. The van der Waals surface area contributed by atoms with E-state index in [-0.39, 0.29) is 16.7 Å². The van der Waals surface area contributed by atoms with Gasteiger partial charge in [0, 0.05) is 22.5 Å². The standard InChI is InChI=1S/C15H13BrF3NS/c16-13-5-1-11(2-6-13)9-20-10-12-3-7-14(8-4-12)21-15(17,18)19/h1-8,20H,9-10H2. The molecule has 0 fully saturated rings. The van der Waals surface area contributed by atoms with Crippen LogP contribution in [0.1, 0.15) is 11.1 Å². The van der Waals surface area contributed by atoms with Crippen LogP contribution in [0.3, 0.4) is 0 Å². The van der Waals surface area contributed by atoms with Gasteiger partial charge in [-0.2, -0.15) is 13.2 Å². The Bertz CT molecular complexity index is 567. The zero-order valence-corrected chi connectivity index (χ0v) is 13.4. The first-order chi connectivity index (χ1) is 9.92. The van der Waals surface area contributed by atoms with Gasteiger partial charge in [0.25, 0.3) is 0 Å². The highest BCUT2D eigenvalue weighted by atomic mass is 79.9. The maximum Gasteiger partial charge on any atom is 0.446 e. The van der Waals surface area contributed by atoms with Gasteiger partial charge in [-0.15, -0.1) is 0 Å². The van der Waals surface area contributed by atoms with E-state index < -0.39 is 5.51 Å². The molecule has 0 unspecified atom stereocenters. The number of benzene rings is 2. The molecular weight excluding hydrogens is 363 g/mol. The summed E-state index contributed by atoms with van der Waals surface area (Å²) >= 11 is 3.28. The fourth-order valence-corrected chi connectivity index (χ4v) is 2.57. The van der Waals surface area contributed by atoms with Crippen molar-refractivity contribution in [1.29, 1.82) is 0 Å². The predicted molar refractivity (Wildman–Crippen MR) is 83.0 cm³/mol. The summed E-state index contributed by atoms with van der Waals surface area (Å²) < 4.78 is 37.7. The minimum atomic E-state index is -4.23. The fourth-order valence-electron chi connectivity index (χ4n) is 1.76. The Morgan fingerprint density at radius 3 is 1.81 bits per heavy atom. The normalized spacial score (nSPS) is 11.6. The lowest BCUT2D eigenvalue weighted by Gasteiger charge is -2.08. The van der Waals surface area contributed by atoms with Gasteiger partial charge in [0.1, 0.15) is 0 Å². The molecular formula is C15H13BrF3NS. The Morgan fingerprint density at radius 2 is 1.33 bits per heavy atom. The first kappa shape index (κ1) is 16.4. The number of hydrogen-bond donors (Lipinski definition) is 1. The molecule has 0 saturated carbocycles. The summed E-state index contributed by atoms with van der Waals surface area (Å²) in [7, 11) is 0. The molecule has 0 amide bonds. The number of rotatable bonds is 5. The van der Waals surface area contributed by atoms with Gasteiger partial charge in [0.2, 0.25) is 0 Å². The molecule has 0 saturated heterocycles. The summed E-state index contributed by atoms with van der Waals surface area (Å²) in [6.07, 6.45) is 0. The van der Waals surface area contributed by atoms with Crippen LogP contribution in [0.2, 0.25) is 0 Å². The predicted octanol–water partition coefficient (Wildman–Crippen LogP) is 5.35. The van der Waals surface area contributed by atoms with Gasteiger partial charge < -0.3 is 5.32 Å². The van der Waals surface area contributed by atoms with Crippen LogP contribution in [0, 0.1) is 0 Å². The second kappa shape index (κ2) is 7.33. The second-order valence-electron chi connectivity index (χ2n) is 4.42. The molecule has 0 aliphatic heterocycles. The van der Waals surface area contributed by atoms with E-state index in [1.54, 1.807) is 12.1 Å². The van der Waals surface area contributed by atoms with Crippen molar-refractivity contribution in [3.05, 3.63) is 64.1 Å². The van der Waals surface area contributed by atoms with E-state index in [4.69, 9.17) is 0 Å².